The number of aliphatic hydroxyl groups is 1. The normalized spacial score (nSPS) is 20.9. The molecule has 0 spiro atoms. The Hall–Kier alpha value is -2.40. The van der Waals surface area contributed by atoms with Crippen molar-refractivity contribution in [3.05, 3.63) is 63.9 Å². The molecule has 5 heteroatoms. The molecule has 1 aliphatic heterocycles. The van der Waals surface area contributed by atoms with Crippen molar-refractivity contribution in [3.63, 3.8) is 0 Å². The first kappa shape index (κ1) is 12.6. The van der Waals surface area contributed by atoms with E-state index in [9.17, 15) is 14.7 Å². The highest BCUT2D eigenvalue weighted by Crippen LogP contribution is 2.34. The molecular formula is C15H11NO3S. The molecular weight excluding hydrogens is 274 g/mol. The third kappa shape index (κ3) is 2.02. The van der Waals surface area contributed by atoms with Gasteiger partial charge in [0.1, 0.15) is 5.76 Å². The van der Waals surface area contributed by atoms with Gasteiger partial charge in [-0.3, -0.25) is 9.59 Å². The second kappa shape index (κ2) is 4.94. The van der Waals surface area contributed by atoms with Gasteiger partial charge in [0.25, 0.3) is 11.7 Å². The molecule has 0 radical (unpaired) electrons. The summed E-state index contributed by atoms with van der Waals surface area (Å²) in [6, 6.07) is 11.8. The predicted molar refractivity (Wildman–Crippen MR) is 76.2 cm³/mol. The molecule has 100 valence electrons. The molecule has 2 aromatic rings. The van der Waals surface area contributed by atoms with Crippen molar-refractivity contribution >= 4 is 28.8 Å². The van der Waals surface area contributed by atoms with Crippen molar-refractivity contribution in [1.82, 2.24) is 5.32 Å². The minimum absolute atomic E-state index is 0.114. The Kier molecular flexibility index (Phi) is 3.12. The summed E-state index contributed by atoms with van der Waals surface area (Å²) >= 11 is 1.43. The maximum absolute atomic E-state index is 12.0. The van der Waals surface area contributed by atoms with Gasteiger partial charge >= 0.3 is 0 Å². The van der Waals surface area contributed by atoms with Crippen LogP contribution in [0.25, 0.3) is 5.76 Å². The van der Waals surface area contributed by atoms with Crippen LogP contribution in [0.5, 0.6) is 0 Å². The van der Waals surface area contributed by atoms with E-state index in [1.165, 1.54) is 11.3 Å². The summed E-state index contributed by atoms with van der Waals surface area (Å²) < 4.78 is 0. The highest BCUT2D eigenvalue weighted by atomic mass is 32.1. The van der Waals surface area contributed by atoms with E-state index in [1.807, 2.05) is 23.6 Å². The molecule has 1 amide bonds. The molecule has 4 nitrogen and oxygen atoms in total. The molecule has 0 saturated carbocycles. The number of benzene rings is 1. The van der Waals surface area contributed by atoms with E-state index in [1.54, 1.807) is 24.3 Å². The fourth-order valence-corrected chi connectivity index (χ4v) is 2.97. The van der Waals surface area contributed by atoms with E-state index in [0.29, 0.717) is 5.56 Å². The maximum atomic E-state index is 12.0. The van der Waals surface area contributed by atoms with Crippen LogP contribution >= 0.6 is 11.3 Å². The number of hydrogen-bond acceptors (Lipinski definition) is 4. The number of ketones is 1. The van der Waals surface area contributed by atoms with E-state index in [4.69, 9.17) is 0 Å². The summed E-state index contributed by atoms with van der Waals surface area (Å²) in [5.41, 5.74) is 0.637. The average molecular weight is 285 g/mol. The number of carbonyl (C=O) groups excluding carboxylic acids is 2. The van der Waals surface area contributed by atoms with Crippen LogP contribution in [0.2, 0.25) is 0 Å². The minimum Gasteiger partial charge on any atom is -0.507 e. The topological polar surface area (TPSA) is 66.4 Å². The van der Waals surface area contributed by atoms with Crippen LogP contribution in [0, 0.1) is 0 Å². The zero-order valence-corrected chi connectivity index (χ0v) is 11.2. The van der Waals surface area contributed by atoms with Crippen LogP contribution < -0.4 is 5.32 Å². The summed E-state index contributed by atoms with van der Waals surface area (Å²) in [4.78, 5) is 24.4. The largest absolute Gasteiger partial charge is 0.507 e. The van der Waals surface area contributed by atoms with Crippen molar-refractivity contribution in [1.29, 1.82) is 0 Å². The minimum atomic E-state index is -0.680. The number of hydrogen-bond donors (Lipinski definition) is 2. The molecule has 1 saturated heterocycles. The molecule has 20 heavy (non-hydrogen) atoms. The average Bonchev–Trinajstić information content (AvgIpc) is 3.09. The van der Waals surface area contributed by atoms with Gasteiger partial charge in [-0.25, -0.2) is 0 Å². The summed E-state index contributed by atoms with van der Waals surface area (Å²) in [7, 11) is 0. The van der Waals surface area contributed by atoms with Crippen molar-refractivity contribution < 1.29 is 14.7 Å². The van der Waals surface area contributed by atoms with Gasteiger partial charge in [-0.2, -0.15) is 0 Å². The molecule has 2 heterocycles. The first-order valence-corrected chi connectivity index (χ1v) is 6.93. The molecule has 1 fully saturated rings. The molecule has 0 unspecified atom stereocenters. The van der Waals surface area contributed by atoms with E-state index in [0.717, 1.165) is 4.88 Å². The number of carbonyl (C=O) groups is 2. The van der Waals surface area contributed by atoms with Gasteiger partial charge in [-0.05, 0) is 11.4 Å². The Morgan fingerprint density at radius 3 is 2.50 bits per heavy atom. The van der Waals surface area contributed by atoms with Gasteiger partial charge in [0, 0.05) is 10.4 Å². The first-order valence-electron chi connectivity index (χ1n) is 6.05. The first-order chi connectivity index (χ1) is 9.68. The number of thiophene rings is 1. The number of Topliss-reactive ketones (excluding diaryl/α,β-unsaturated/α-hetero) is 1. The quantitative estimate of drug-likeness (QED) is 0.506. The third-order valence-corrected chi connectivity index (χ3v) is 4.08. The van der Waals surface area contributed by atoms with Crippen LogP contribution in [-0.2, 0) is 9.59 Å². The summed E-state index contributed by atoms with van der Waals surface area (Å²) in [6.45, 7) is 0. The van der Waals surface area contributed by atoms with Gasteiger partial charge in [-0.1, -0.05) is 36.4 Å². The lowest BCUT2D eigenvalue weighted by Gasteiger charge is -2.11. The number of nitrogens with one attached hydrogen (secondary N) is 1. The fourth-order valence-electron chi connectivity index (χ4n) is 2.19. The van der Waals surface area contributed by atoms with Crippen LogP contribution in [0.4, 0.5) is 0 Å². The van der Waals surface area contributed by atoms with Gasteiger partial charge in [0.15, 0.2) is 0 Å². The monoisotopic (exact) mass is 285 g/mol. The Labute approximate surface area is 119 Å². The van der Waals surface area contributed by atoms with Crippen molar-refractivity contribution in [2.75, 3.05) is 0 Å². The third-order valence-electron chi connectivity index (χ3n) is 3.15. The predicted octanol–water partition coefficient (Wildman–Crippen LogP) is 2.46. The second-order valence-corrected chi connectivity index (χ2v) is 5.36. The summed E-state index contributed by atoms with van der Waals surface area (Å²) in [5.74, 6) is -1.50. The van der Waals surface area contributed by atoms with Gasteiger partial charge < -0.3 is 10.4 Å². The standard InChI is InChI=1S/C15H11NO3S/c17-13(9-5-2-1-3-6-9)11-12(10-7-4-8-20-10)16-15(19)14(11)18/h1-8,12,17H,(H,16,19)/t12-/m1/s1. The van der Waals surface area contributed by atoms with Crippen LogP contribution in [0.1, 0.15) is 16.5 Å². The van der Waals surface area contributed by atoms with Crippen LogP contribution in [0.15, 0.2) is 53.4 Å². The van der Waals surface area contributed by atoms with E-state index in [2.05, 4.69) is 5.32 Å². The highest BCUT2D eigenvalue weighted by molar-refractivity contribution is 7.10. The second-order valence-electron chi connectivity index (χ2n) is 4.38. The zero-order valence-electron chi connectivity index (χ0n) is 10.4. The van der Waals surface area contributed by atoms with Crippen molar-refractivity contribution in [2.24, 2.45) is 0 Å². The summed E-state index contributed by atoms with van der Waals surface area (Å²) in [6.07, 6.45) is 0. The molecule has 1 aromatic carbocycles. The fraction of sp³-hybridized carbons (Fsp3) is 0.0667. The van der Waals surface area contributed by atoms with Gasteiger partial charge in [0.05, 0.1) is 11.6 Å². The molecule has 0 bridgehead atoms. The van der Waals surface area contributed by atoms with E-state index in [-0.39, 0.29) is 11.3 Å². The van der Waals surface area contributed by atoms with E-state index >= 15 is 0 Å². The smallest absolute Gasteiger partial charge is 0.293 e. The summed E-state index contributed by atoms with van der Waals surface area (Å²) in [5, 5.41) is 14.8. The van der Waals surface area contributed by atoms with Gasteiger partial charge in [-0.15, -0.1) is 11.3 Å². The Balaban J connectivity index is 2.13. The van der Waals surface area contributed by atoms with Crippen molar-refractivity contribution in [2.45, 2.75) is 6.04 Å². The zero-order chi connectivity index (χ0) is 14.1. The number of amides is 1. The van der Waals surface area contributed by atoms with Crippen molar-refractivity contribution in [3.8, 4) is 0 Å². The Bertz CT molecular complexity index is 689. The molecule has 3 rings (SSSR count). The lowest BCUT2D eigenvalue weighted by atomic mass is 10.0. The van der Waals surface area contributed by atoms with E-state index < -0.39 is 17.7 Å². The Morgan fingerprint density at radius 2 is 1.85 bits per heavy atom. The molecule has 1 atom stereocenters. The Morgan fingerprint density at radius 1 is 1.10 bits per heavy atom. The van der Waals surface area contributed by atoms with Crippen LogP contribution in [-0.4, -0.2) is 16.8 Å². The van der Waals surface area contributed by atoms with Gasteiger partial charge in [0.2, 0.25) is 0 Å². The molecule has 2 N–H and O–H groups in total. The lowest BCUT2D eigenvalue weighted by molar-refractivity contribution is -0.133. The number of rotatable bonds is 2. The molecule has 1 aliphatic rings. The number of aliphatic hydroxyl groups excluding tert-OH is 1. The molecule has 0 aliphatic carbocycles. The highest BCUT2D eigenvalue weighted by Gasteiger charge is 2.39. The molecule has 1 aromatic heterocycles. The SMILES string of the molecule is O=C1N[C@H](c2cccs2)C(=C(O)c2ccccc2)C1=O. The lowest BCUT2D eigenvalue weighted by Crippen LogP contribution is -2.20. The van der Waals surface area contributed by atoms with Crippen LogP contribution in [0.3, 0.4) is 0 Å². The maximum Gasteiger partial charge on any atom is 0.293 e.